The van der Waals surface area contributed by atoms with Crippen molar-refractivity contribution in [3.8, 4) is 11.5 Å². The summed E-state index contributed by atoms with van der Waals surface area (Å²) in [4.78, 5) is 16.0. The van der Waals surface area contributed by atoms with Crippen LogP contribution in [0.1, 0.15) is 19.4 Å². The van der Waals surface area contributed by atoms with Gasteiger partial charge < -0.3 is 19.4 Å². The summed E-state index contributed by atoms with van der Waals surface area (Å²) in [6.45, 7) is 2.20. The van der Waals surface area contributed by atoms with Gasteiger partial charge in [-0.2, -0.15) is 0 Å². The summed E-state index contributed by atoms with van der Waals surface area (Å²) in [5, 5.41) is 2.86. The molecule has 6 heteroatoms. The lowest BCUT2D eigenvalue weighted by Crippen LogP contribution is -2.16. The SMILES string of the molecule is C[C@@H](CC(=O)Nc1ccc2c(c1)OCO2)n1ccnc1. The molecule has 2 aromatic rings. The molecule has 3 rings (SSSR count). The number of rotatable bonds is 4. The number of anilines is 1. The van der Waals surface area contributed by atoms with Crippen LogP contribution in [0.4, 0.5) is 5.69 Å². The van der Waals surface area contributed by atoms with Crippen LogP contribution < -0.4 is 14.8 Å². The molecule has 0 aliphatic carbocycles. The average Bonchev–Trinajstić information content (AvgIpc) is 3.09. The van der Waals surface area contributed by atoms with Gasteiger partial charge in [0.15, 0.2) is 11.5 Å². The Kier molecular flexibility index (Phi) is 3.28. The third kappa shape index (κ3) is 2.59. The number of aromatic nitrogens is 2. The van der Waals surface area contributed by atoms with Crippen LogP contribution in [0.25, 0.3) is 0 Å². The molecular weight excluding hydrogens is 258 g/mol. The van der Waals surface area contributed by atoms with E-state index in [0.717, 1.165) is 0 Å². The average molecular weight is 273 g/mol. The molecule has 0 fully saturated rings. The van der Waals surface area contributed by atoms with Gasteiger partial charge in [0.25, 0.3) is 0 Å². The highest BCUT2D eigenvalue weighted by molar-refractivity contribution is 5.91. The minimum Gasteiger partial charge on any atom is -0.454 e. The summed E-state index contributed by atoms with van der Waals surface area (Å²) in [5.74, 6) is 1.31. The van der Waals surface area contributed by atoms with Crippen molar-refractivity contribution in [2.75, 3.05) is 12.1 Å². The molecule has 1 amide bonds. The van der Waals surface area contributed by atoms with E-state index in [1.54, 1.807) is 30.7 Å². The molecule has 1 N–H and O–H groups in total. The zero-order valence-electron chi connectivity index (χ0n) is 11.1. The normalized spacial score (nSPS) is 14.1. The van der Waals surface area contributed by atoms with Crippen LogP contribution >= 0.6 is 0 Å². The van der Waals surface area contributed by atoms with Gasteiger partial charge in [0, 0.05) is 36.6 Å². The standard InChI is InChI=1S/C14H15N3O3/c1-10(17-5-4-15-8-17)6-14(18)16-11-2-3-12-13(7-11)20-9-19-12/h2-5,7-8,10H,6,9H2,1H3,(H,16,18)/t10-/m0/s1. The number of carbonyl (C=O) groups excluding carboxylic acids is 1. The van der Waals surface area contributed by atoms with Crippen molar-refractivity contribution in [1.29, 1.82) is 0 Å². The van der Waals surface area contributed by atoms with Crippen molar-refractivity contribution in [3.05, 3.63) is 36.9 Å². The Bertz CT molecular complexity index is 610. The molecule has 0 saturated carbocycles. The second-order valence-electron chi connectivity index (χ2n) is 4.68. The van der Waals surface area contributed by atoms with Crippen molar-refractivity contribution < 1.29 is 14.3 Å². The first-order valence-corrected chi connectivity index (χ1v) is 6.39. The Labute approximate surface area is 116 Å². The molecule has 20 heavy (non-hydrogen) atoms. The number of amides is 1. The summed E-state index contributed by atoms with van der Waals surface area (Å²) in [6, 6.07) is 5.42. The number of imidazole rings is 1. The maximum absolute atomic E-state index is 12.0. The predicted molar refractivity (Wildman–Crippen MR) is 72.7 cm³/mol. The number of fused-ring (bicyclic) bond motifs is 1. The molecule has 0 saturated heterocycles. The zero-order valence-corrected chi connectivity index (χ0v) is 11.1. The monoisotopic (exact) mass is 273 g/mol. The number of carbonyl (C=O) groups is 1. The maximum atomic E-state index is 12.0. The lowest BCUT2D eigenvalue weighted by molar-refractivity contribution is -0.116. The minimum absolute atomic E-state index is 0.0509. The predicted octanol–water partition coefficient (Wildman–Crippen LogP) is 2.20. The quantitative estimate of drug-likeness (QED) is 0.927. The summed E-state index contributed by atoms with van der Waals surface area (Å²) >= 11 is 0. The fraction of sp³-hybridized carbons (Fsp3) is 0.286. The molecule has 0 bridgehead atoms. The topological polar surface area (TPSA) is 65.4 Å². The van der Waals surface area contributed by atoms with E-state index in [-0.39, 0.29) is 18.7 Å². The summed E-state index contributed by atoms with van der Waals surface area (Å²) < 4.78 is 12.4. The fourth-order valence-electron chi connectivity index (χ4n) is 2.09. The van der Waals surface area contributed by atoms with Gasteiger partial charge in [-0.3, -0.25) is 4.79 Å². The lowest BCUT2D eigenvalue weighted by atomic mass is 10.2. The molecule has 1 aliphatic heterocycles. The van der Waals surface area contributed by atoms with Crippen molar-refractivity contribution in [3.63, 3.8) is 0 Å². The lowest BCUT2D eigenvalue weighted by Gasteiger charge is -2.13. The molecule has 1 aliphatic rings. The van der Waals surface area contributed by atoms with Gasteiger partial charge in [-0.15, -0.1) is 0 Å². The number of hydrogen-bond donors (Lipinski definition) is 1. The third-order valence-electron chi connectivity index (χ3n) is 3.17. The molecule has 2 heterocycles. The van der Waals surface area contributed by atoms with Crippen molar-refractivity contribution in [2.45, 2.75) is 19.4 Å². The van der Waals surface area contributed by atoms with E-state index < -0.39 is 0 Å². The van der Waals surface area contributed by atoms with Gasteiger partial charge >= 0.3 is 0 Å². The van der Waals surface area contributed by atoms with E-state index in [0.29, 0.717) is 23.6 Å². The van der Waals surface area contributed by atoms with Crippen molar-refractivity contribution >= 4 is 11.6 Å². The molecule has 0 spiro atoms. The first-order chi connectivity index (χ1) is 9.72. The summed E-state index contributed by atoms with van der Waals surface area (Å²) in [7, 11) is 0. The number of nitrogens with zero attached hydrogens (tertiary/aromatic N) is 2. The van der Waals surface area contributed by atoms with Gasteiger partial charge in [0.2, 0.25) is 12.7 Å². The van der Waals surface area contributed by atoms with E-state index in [1.165, 1.54) is 0 Å². The van der Waals surface area contributed by atoms with E-state index in [4.69, 9.17) is 9.47 Å². The van der Waals surface area contributed by atoms with Crippen LogP contribution in [0.5, 0.6) is 11.5 Å². The zero-order chi connectivity index (χ0) is 13.9. The van der Waals surface area contributed by atoms with Gasteiger partial charge in [-0.1, -0.05) is 0 Å². The van der Waals surface area contributed by atoms with Gasteiger partial charge in [-0.05, 0) is 19.1 Å². The molecule has 104 valence electrons. The number of ether oxygens (including phenoxy) is 2. The van der Waals surface area contributed by atoms with Crippen LogP contribution in [0.3, 0.4) is 0 Å². The summed E-state index contributed by atoms with van der Waals surface area (Å²) in [5.41, 5.74) is 0.706. The molecule has 1 atom stereocenters. The molecular formula is C14H15N3O3. The molecule has 6 nitrogen and oxygen atoms in total. The minimum atomic E-state index is -0.0509. The number of hydrogen-bond acceptors (Lipinski definition) is 4. The highest BCUT2D eigenvalue weighted by Gasteiger charge is 2.15. The van der Waals surface area contributed by atoms with E-state index in [2.05, 4.69) is 10.3 Å². The Morgan fingerprint density at radius 2 is 2.30 bits per heavy atom. The Balaban J connectivity index is 1.61. The van der Waals surface area contributed by atoms with Gasteiger partial charge in [-0.25, -0.2) is 4.98 Å². The van der Waals surface area contributed by atoms with Crippen LogP contribution in [-0.2, 0) is 4.79 Å². The summed E-state index contributed by atoms with van der Waals surface area (Å²) in [6.07, 6.45) is 5.63. The van der Waals surface area contributed by atoms with E-state index >= 15 is 0 Å². The van der Waals surface area contributed by atoms with Gasteiger partial charge in [0.05, 0.1) is 6.33 Å². The second kappa shape index (κ2) is 5.24. The highest BCUT2D eigenvalue weighted by Crippen LogP contribution is 2.34. The molecule has 1 aromatic heterocycles. The molecule has 0 radical (unpaired) electrons. The Morgan fingerprint density at radius 3 is 3.10 bits per heavy atom. The molecule has 0 unspecified atom stereocenters. The smallest absolute Gasteiger partial charge is 0.231 e. The van der Waals surface area contributed by atoms with Crippen LogP contribution in [0.2, 0.25) is 0 Å². The van der Waals surface area contributed by atoms with Crippen molar-refractivity contribution in [2.24, 2.45) is 0 Å². The first-order valence-electron chi connectivity index (χ1n) is 6.39. The highest BCUT2D eigenvalue weighted by atomic mass is 16.7. The Hall–Kier alpha value is -2.50. The van der Waals surface area contributed by atoms with E-state index in [1.807, 2.05) is 17.7 Å². The number of benzene rings is 1. The van der Waals surface area contributed by atoms with Crippen LogP contribution in [0.15, 0.2) is 36.9 Å². The Morgan fingerprint density at radius 1 is 1.45 bits per heavy atom. The van der Waals surface area contributed by atoms with Crippen LogP contribution in [-0.4, -0.2) is 22.3 Å². The fourth-order valence-corrected chi connectivity index (χ4v) is 2.09. The third-order valence-corrected chi connectivity index (χ3v) is 3.17. The maximum Gasteiger partial charge on any atom is 0.231 e. The van der Waals surface area contributed by atoms with Gasteiger partial charge in [0.1, 0.15) is 0 Å². The van der Waals surface area contributed by atoms with Crippen molar-refractivity contribution in [1.82, 2.24) is 9.55 Å². The largest absolute Gasteiger partial charge is 0.454 e. The van der Waals surface area contributed by atoms with Crippen LogP contribution in [0, 0.1) is 0 Å². The molecule has 1 aromatic carbocycles. The van der Waals surface area contributed by atoms with E-state index in [9.17, 15) is 4.79 Å². The first kappa shape index (κ1) is 12.5. The number of nitrogens with one attached hydrogen (secondary N) is 1. The second-order valence-corrected chi connectivity index (χ2v) is 4.68.